The van der Waals surface area contributed by atoms with Crippen LogP contribution < -0.4 is 4.74 Å². The molecule has 0 spiro atoms. The summed E-state index contributed by atoms with van der Waals surface area (Å²) in [6, 6.07) is 16.7. The van der Waals surface area contributed by atoms with Gasteiger partial charge in [0.15, 0.2) is 11.0 Å². The van der Waals surface area contributed by atoms with Crippen molar-refractivity contribution in [3.8, 4) is 17.1 Å². The number of benzene rings is 2. The van der Waals surface area contributed by atoms with Gasteiger partial charge in [0, 0.05) is 31.5 Å². The molecule has 0 saturated carbocycles. The number of rotatable bonds is 7. The average molecular weight is 395 g/mol. The Bertz CT molecular complexity index is 926. The highest BCUT2D eigenvalue weighted by Crippen LogP contribution is 2.25. The summed E-state index contributed by atoms with van der Waals surface area (Å²) in [6.07, 6.45) is 2.24. The minimum absolute atomic E-state index is 0.922. The molecule has 0 amide bonds. The molecule has 0 fully saturated rings. The molecule has 146 valence electrons. The molecule has 1 aliphatic rings. The van der Waals surface area contributed by atoms with E-state index in [0.717, 1.165) is 60.5 Å². The third-order valence-electron chi connectivity index (χ3n) is 5.22. The van der Waals surface area contributed by atoms with Crippen molar-refractivity contribution in [2.24, 2.45) is 7.05 Å². The van der Waals surface area contributed by atoms with Crippen LogP contribution in [0, 0.1) is 0 Å². The van der Waals surface area contributed by atoms with Crippen LogP contribution in [-0.4, -0.2) is 45.6 Å². The van der Waals surface area contributed by atoms with E-state index in [4.69, 9.17) is 4.74 Å². The molecule has 1 aliphatic heterocycles. The van der Waals surface area contributed by atoms with E-state index in [1.165, 1.54) is 11.1 Å². The van der Waals surface area contributed by atoms with E-state index in [-0.39, 0.29) is 0 Å². The Hall–Kier alpha value is -2.31. The normalized spacial score (nSPS) is 14.1. The molecule has 6 heteroatoms. The summed E-state index contributed by atoms with van der Waals surface area (Å²) in [6.45, 7) is 3.26. The van der Waals surface area contributed by atoms with Gasteiger partial charge in [-0.1, -0.05) is 48.2 Å². The summed E-state index contributed by atoms with van der Waals surface area (Å²) in [5.74, 6) is 2.93. The molecule has 0 radical (unpaired) electrons. The van der Waals surface area contributed by atoms with Crippen molar-refractivity contribution >= 4 is 11.8 Å². The number of methoxy groups -OCH3 is 1. The van der Waals surface area contributed by atoms with E-state index in [1.807, 2.05) is 25.2 Å². The molecule has 0 unspecified atom stereocenters. The van der Waals surface area contributed by atoms with Crippen molar-refractivity contribution in [1.82, 2.24) is 19.7 Å². The topological polar surface area (TPSA) is 43.2 Å². The van der Waals surface area contributed by atoms with Gasteiger partial charge in [-0.2, -0.15) is 0 Å². The lowest BCUT2D eigenvalue weighted by Gasteiger charge is -2.28. The number of hydrogen-bond donors (Lipinski definition) is 0. The zero-order valence-electron chi connectivity index (χ0n) is 16.5. The van der Waals surface area contributed by atoms with Crippen molar-refractivity contribution in [3.05, 3.63) is 59.7 Å². The van der Waals surface area contributed by atoms with Crippen LogP contribution in [0.4, 0.5) is 0 Å². The quantitative estimate of drug-likeness (QED) is 0.447. The van der Waals surface area contributed by atoms with Crippen LogP contribution in [0.3, 0.4) is 0 Å². The van der Waals surface area contributed by atoms with E-state index >= 15 is 0 Å². The molecule has 2 aromatic carbocycles. The van der Waals surface area contributed by atoms with Gasteiger partial charge < -0.3 is 9.30 Å². The first-order valence-electron chi connectivity index (χ1n) is 9.70. The van der Waals surface area contributed by atoms with Gasteiger partial charge in [0.25, 0.3) is 0 Å². The Morgan fingerprint density at radius 3 is 2.75 bits per heavy atom. The SMILES string of the molecule is COc1ccc2c(c1)CCN(CCCSc1nnc(-c3ccccc3)n1C)C2. The molecule has 3 aromatic rings. The number of nitrogens with zero attached hydrogens (tertiary/aromatic N) is 4. The molecule has 2 heterocycles. The van der Waals surface area contributed by atoms with Gasteiger partial charge in [0.2, 0.25) is 0 Å². The average Bonchev–Trinajstić information content (AvgIpc) is 3.11. The number of fused-ring (bicyclic) bond motifs is 1. The van der Waals surface area contributed by atoms with Crippen molar-refractivity contribution in [2.45, 2.75) is 24.5 Å². The zero-order chi connectivity index (χ0) is 19.3. The van der Waals surface area contributed by atoms with Gasteiger partial charge in [-0.3, -0.25) is 4.90 Å². The number of hydrogen-bond acceptors (Lipinski definition) is 5. The van der Waals surface area contributed by atoms with Gasteiger partial charge in [0.05, 0.1) is 7.11 Å². The van der Waals surface area contributed by atoms with E-state index in [9.17, 15) is 0 Å². The van der Waals surface area contributed by atoms with Crippen LogP contribution in [0.25, 0.3) is 11.4 Å². The van der Waals surface area contributed by atoms with E-state index in [1.54, 1.807) is 18.9 Å². The smallest absolute Gasteiger partial charge is 0.191 e. The standard InChI is InChI=1S/C22H26N4OS/c1-25-21(17-7-4-3-5-8-17)23-24-22(25)28-14-6-12-26-13-11-18-15-20(27-2)10-9-19(18)16-26/h3-5,7-10,15H,6,11-14,16H2,1-2H3. The fourth-order valence-electron chi connectivity index (χ4n) is 3.64. The highest BCUT2D eigenvalue weighted by Gasteiger charge is 2.17. The molecule has 0 bridgehead atoms. The molecule has 4 rings (SSSR count). The molecular weight excluding hydrogens is 368 g/mol. The van der Waals surface area contributed by atoms with Crippen LogP contribution in [0.15, 0.2) is 53.7 Å². The lowest BCUT2D eigenvalue weighted by Crippen LogP contribution is -2.31. The second-order valence-electron chi connectivity index (χ2n) is 7.09. The van der Waals surface area contributed by atoms with Crippen LogP contribution >= 0.6 is 11.8 Å². The van der Waals surface area contributed by atoms with Gasteiger partial charge in [-0.25, -0.2) is 0 Å². The number of ether oxygens (including phenoxy) is 1. The van der Waals surface area contributed by atoms with Crippen molar-refractivity contribution in [1.29, 1.82) is 0 Å². The molecule has 0 N–H and O–H groups in total. The predicted octanol–water partition coefficient (Wildman–Crippen LogP) is 4.03. The third kappa shape index (κ3) is 4.23. The summed E-state index contributed by atoms with van der Waals surface area (Å²) in [5.41, 5.74) is 3.96. The predicted molar refractivity (Wildman–Crippen MR) is 114 cm³/mol. The van der Waals surface area contributed by atoms with Crippen LogP contribution in [0.2, 0.25) is 0 Å². The van der Waals surface area contributed by atoms with Gasteiger partial charge in [-0.05, 0) is 42.6 Å². The molecule has 0 saturated heterocycles. The Labute approximate surface area is 170 Å². The van der Waals surface area contributed by atoms with Gasteiger partial charge >= 0.3 is 0 Å². The maximum atomic E-state index is 5.34. The first-order chi connectivity index (χ1) is 13.7. The molecule has 1 aromatic heterocycles. The highest BCUT2D eigenvalue weighted by atomic mass is 32.2. The van der Waals surface area contributed by atoms with E-state index in [0.29, 0.717) is 0 Å². The van der Waals surface area contributed by atoms with Gasteiger partial charge in [0.1, 0.15) is 5.75 Å². The molecule has 5 nitrogen and oxygen atoms in total. The fraction of sp³-hybridized carbons (Fsp3) is 0.364. The molecule has 0 atom stereocenters. The van der Waals surface area contributed by atoms with Crippen molar-refractivity contribution < 1.29 is 4.74 Å². The summed E-state index contributed by atoms with van der Waals surface area (Å²) < 4.78 is 7.43. The second-order valence-corrected chi connectivity index (χ2v) is 8.16. The number of aromatic nitrogens is 3. The second kappa shape index (κ2) is 8.80. The minimum Gasteiger partial charge on any atom is -0.497 e. The van der Waals surface area contributed by atoms with Crippen LogP contribution in [0.5, 0.6) is 5.75 Å². The van der Waals surface area contributed by atoms with E-state index in [2.05, 4.69) is 50.0 Å². The molecule has 0 aliphatic carbocycles. The Balaban J connectivity index is 1.27. The highest BCUT2D eigenvalue weighted by molar-refractivity contribution is 7.99. The number of thioether (sulfide) groups is 1. The van der Waals surface area contributed by atoms with Crippen molar-refractivity contribution in [3.63, 3.8) is 0 Å². The van der Waals surface area contributed by atoms with Crippen LogP contribution in [0.1, 0.15) is 17.5 Å². The minimum atomic E-state index is 0.922. The monoisotopic (exact) mass is 394 g/mol. The first-order valence-corrected chi connectivity index (χ1v) is 10.7. The maximum absolute atomic E-state index is 5.34. The summed E-state index contributed by atoms with van der Waals surface area (Å²) in [7, 11) is 3.77. The largest absolute Gasteiger partial charge is 0.497 e. The fourth-order valence-corrected chi connectivity index (χ4v) is 4.47. The summed E-state index contributed by atoms with van der Waals surface area (Å²) >= 11 is 1.79. The lowest BCUT2D eigenvalue weighted by atomic mass is 9.99. The third-order valence-corrected chi connectivity index (χ3v) is 6.33. The van der Waals surface area contributed by atoms with Crippen LogP contribution in [-0.2, 0) is 20.0 Å². The van der Waals surface area contributed by atoms with E-state index < -0.39 is 0 Å². The first kappa shape index (κ1) is 19.0. The lowest BCUT2D eigenvalue weighted by molar-refractivity contribution is 0.255. The Kier molecular flexibility index (Phi) is 5.98. The Morgan fingerprint density at radius 1 is 1.07 bits per heavy atom. The zero-order valence-corrected chi connectivity index (χ0v) is 17.3. The van der Waals surface area contributed by atoms with Gasteiger partial charge in [-0.15, -0.1) is 10.2 Å². The summed E-state index contributed by atoms with van der Waals surface area (Å²) in [4.78, 5) is 2.54. The van der Waals surface area contributed by atoms with Crippen molar-refractivity contribution in [2.75, 3.05) is 26.0 Å². The Morgan fingerprint density at radius 2 is 1.93 bits per heavy atom. The summed E-state index contributed by atoms with van der Waals surface area (Å²) in [5, 5.41) is 9.72. The maximum Gasteiger partial charge on any atom is 0.191 e. The molecular formula is C22H26N4OS. The molecule has 28 heavy (non-hydrogen) atoms.